The number of nitriles is 1. The largest absolute Gasteiger partial charge is 0.397 e. The molecule has 0 atom stereocenters. The van der Waals surface area contributed by atoms with E-state index >= 15 is 0 Å². The first-order valence-corrected chi connectivity index (χ1v) is 5.38. The summed E-state index contributed by atoms with van der Waals surface area (Å²) in [4.78, 5) is 2.27. The highest BCUT2D eigenvalue weighted by Gasteiger charge is 2.07. The third-order valence-electron chi connectivity index (χ3n) is 2.25. The Morgan fingerprint density at radius 1 is 1.57 bits per heavy atom. The predicted molar refractivity (Wildman–Crippen MR) is 60.8 cm³/mol. The zero-order chi connectivity index (χ0) is 10.7. The maximum absolute atomic E-state index is 8.85. The minimum atomic E-state index is 0.635. The minimum absolute atomic E-state index is 0.635. The number of nitrogens with two attached hydrogens (primary N) is 1. The summed E-state index contributed by atoms with van der Waals surface area (Å²) in [5.41, 5.74) is 8.46. The maximum atomic E-state index is 8.85. The van der Waals surface area contributed by atoms with E-state index in [0.29, 0.717) is 17.7 Å². The minimum Gasteiger partial charge on any atom is -0.397 e. The molecule has 1 heterocycles. The summed E-state index contributed by atoms with van der Waals surface area (Å²) in [5, 5.41) is 8.85. The molecule has 0 fully saturated rings. The molecule has 14 heavy (non-hydrogen) atoms. The van der Waals surface area contributed by atoms with E-state index in [2.05, 4.69) is 19.9 Å². The van der Waals surface area contributed by atoms with Gasteiger partial charge in [0.05, 0.1) is 22.2 Å². The van der Waals surface area contributed by atoms with Gasteiger partial charge in [0.15, 0.2) is 0 Å². The molecule has 1 rings (SSSR count). The predicted octanol–water partition coefficient (Wildman–Crippen LogP) is 2.97. The molecule has 0 aliphatic heterocycles. The van der Waals surface area contributed by atoms with Crippen LogP contribution < -0.4 is 5.73 Å². The Morgan fingerprint density at radius 3 is 2.57 bits per heavy atom. The molecule has 0 bridgehead atoms. The van der Waals surface area contributed by atoms with Crippen LogP contribution in [0.5, 0.6) is 0 Å². The fourth-order valence-electron chi connectivity index (χ4n) is 1.18. The Morgan fingerprint density at radius 2 is 2.21 bits per heavy atom. The molecule has 0 aliphatic carbocycles. The molecule has 2 N–H and O–H groups in total. The van der Waals surface area contributed by atoms with Gasteiger partial charge in [-0.3, -0.25) is 0 Å². The van der Waals surface area contributed by atoms with E-state index in [1.807, 2.05) is 13.0 Å². The van der Waals surface area contributed by atoms with Gasteiger partial charge in [-0.1, -0.05) is 6.92 Å². The van der Waals surface area contributed by atoms with Crippen molar-refractivity contribution in [3.05, 3.63) is 27.0 Å². The average molecular weight is 206 g/mol. The number of hydrogen-bond acceptors (Lipinski definition) is 3. The fraction of sp³-hybridized carbons (Fsp3) is 0.364. The molecule has 3 heteroatoms. The molecule has 0 aromatic carbocycles. The molecular weight excluding hydrogens is 192 g/mol. The van der Waals surface area contributed by atoms with Crippen LogP contribution in [0, 0.1) is 25.2 Å². The second kappa shape index (κ2) is 4.30. The van der Waals surface area contributed by atoms with Gasteiger partial charge in [-0.2, -0.15) is 5.26 Å². The Bertz CT molecular complexity index is 388. The molecule has 0 unspecified atom stereocenters. The van der Waals surface area contributed by atoms with E-state index in [-0.39, 0.29) is 0 Å². The molecule has 1 aromatic rings. The lowest BCUT2D eigenvalue weighted by atomic mass is 10.1. The average Bonchev–Trinajstić information content (AvgIpc) is 2.49. The molecule has 0 saturated heterocycles. The second-order valence-corrected chi connectivity index (χ2v) is 4.46. The van der Waals surface area contributed by atoms with E-state index in [1.165, 1.54) is 10.4 Å². The number of aryl methyl sites for hydroxylation is 2. The molecule has 0 radical (unpaired) electrons. The Balaban J connectivity index is 3.18. The second-order valence-electron chi connectivity index (χ2n) is 3.21. The zero-order valence-corrected chi connectivity index (χ0v) is 9.53. The number of nitrogens with zero attached hydrogens (tertiary/aromatic N) is 1. The molecule has 0 spiro atoms. The van der Waals surface area contributed by atoms with Crippen LogP contribution in [-0.4, -0.2) is 0 Å². The quantitative estimate of drug-likeness (QED) is 0.756. The van der Waals surface area contributed by atoms with E-state index in [1.54, 1.807) is 11.3 Å². The van der Waals surface area contributed by atoms with E-state index in [4.69, 9.17) is 11.0 Å². The lowest BCUT2D eigenvalue weighted by Crippen LogP contribution is -1.98. The van der Waals surface area contributed by atoms with Crippen molar-refractivity contribution < 1.29 is 0 Å². The van der Waals surface area contributed by atoms with Crippen molar-refractivity contribution in [1.82, 2.24) is 0 Å². The fourth-order valence-corrected chi connectivity index (χ4v) is 2.20. The van der Waals surface area contributed by atoms with E-state index in [0.717, 1.165) is 4.88 Å². The maximum Gasteiger partial charge on any atom is 0.0969 e. The van der Waals surface area contributed by atoms with Crippen molar-refractivity contribution in [3.63, 3.8) is 0 Å². The van der Waals surface area contributed by atoms with Gasteiger partial charge in [0.2, 0.25) is 0 Å². The molecule has 0 amide bonds. The van der Waals surface area contributed by atoms with Crippen LogP contribution in [0.15, 0.2) is 11.6 Å². The van der Waals surface area contributed by atoms with Crippen molar-refractivity contribution >= 4 is 17.0 Å². The van der Waals surface area contributed by atoms with Gasteiger partial charge < -0.3 is 5.73 Å². The van der Waals surface area contributed by atoms with Crippen molar-refractivity contribution in [2.24, 2.45) is 5.73 Å². The number of hydrogen-bond donors (Lipinski definition) is 1. The van der Waals surface area contributed by atoms with Crippen LogP contribution in [0.2, 0.25) is 0 Å². The van der Waals surface area contributed by atoms with Gasteiger partial charge in [-0.25, -0.2) is 0 Å². The highest BCUT2D eigenvalue weighted by molar-refractivity contribution is 7.13. The van der Waals surface area contributed by atoms with Gasteiger partial charge >= 0.3 is 0 Å². The van der Waals surface area contributed by atoms with Gasteiger partial charge in [0.25, 0.3) is 0 Å². The van der Waals surface area contributed by atoms with Crippen LogP contribution >= 0.6 is 11.3 Å². The molecule has 1 aromatic heterocycles. The first-order chi connectivity index (χ1) is 6.60. The lowest BCUT2D eigenvalue weighted by molar-refractivity contribution is 1.15. The Labute approximate surface area is 88.7 Å². The summed E-state index contributed by atoms with van der Waals surface area (Å²) < 4.78 is 0. The van der Waals surface area contributed by atoms with Crippen LogP contribution in [0.25, 0.3) is 5.70 Å². The summed E-state index contributed by atoms with van der Waals surface area (Å²) in [6, 6.07) is 4.18. The molecule has 2 nitrogen and oxygen atoms in total. The number of thiophene rings is 1. The van der Waals surface area contributed by atoms with Crippen LogP contribution in [0.4, 0.5) is 0 Å². The standard InChI is InChI=1S/C11H14N2S/c1-4-9(6-12)11(13)10-5-7(2)8(3)14-10/h5H,4,13H2,1-3H3/b11-9+. The lowest BCUT2D eigenvalue weighted by Gasteiger charge is -1.99. The van der Waals surface area contributed by atoms with Crippen molar-refractivity contribution in [1.29, 1.82) is 5.26 Å². The third-order valence-corrected chi connectivity index (χ3v) is 3.43. The normalized spacial score (nSPS) is 12.1. The first kappa shape index (κ1) is 10.8. The van der Waals surface area contributed by atoms with E-state index in [9.17, 15) is 0 Å². The summed E-state index contributed by atoms with van der Waals surface area (Å²) in [7, 11) is 0. The number of allylic oxidation sites excluding steroid dienone is 1. The topological polar surface area (TPSA) is 49.8 Å². The summed E-state index contributed by atoms with van der Waals surface area (Å²) in [5.74, 6) is 0. The van der Waals surface area contributed by atoms with Crippen molar-refractivity contribution in [2.45, 2.75) is 27.2 Å². The highest BCUT2D eigenvalue weighted by atomic mass is 32.1. The molecule has 74 valence electrons. The van der Waals surface area contributed by atoms with Gasteiger partial charge in [0.1, 0.15) is 0 Å². The molecule has 0 saturated carbocycles. The van der Waals surface area contributed by atoms with Gasteiger partial charge in [0, 0.05) is 4.88 Å². The third kappa shape index (κ3) is 1.97. The smallest absolute Gasteiger partial charge is 0.0969 e. The molecule has 0 aliphatic rings. The van der Waals surface area contributed by atoms with Crippen LogP contribution in [0.3, 0.4) is 0 Å². The van der Waals surface area contributed by atoms with E-state index < -0.39 is 0 Å². The molecular formula is C11H14N2S. The van der Waals surface area contributed by atoms with Crippen LogP contribution in [0.1, 0.15) is 28.7 Å². The Hall–Kier alpha value is -1.27. The van der Waals surface area contributed by atoms with Crippen molar-refractivity contribution in [3.8, 4) is 6.07 Å². The highest BCUT2D eigenvalue weighted by Crippen LogP contribution is 2.26. The Kier molecular flexibility index (Phi) is 3.32. The first-order valence-electron chi connectivity index (χ1n) is 4.56. The summed E-state index contributed by atoms with van der Waals surface area (Å²) in [6.45, 7) is 6.06. The summed E-state index contributed by atoms with van der Waals surface area (Å²) in [6.07, 6.45) is 0.693. The summed E-state index contributed by atoms with van der Waals surface area (Å²) >= 11 is 1.65. The van der Waals surface area contributed by atoms with Crippen LogP contribution in [-0.2, 0) is 0 Å². The van der Waals surface area contributed by atoms with Gasteiger partial charge in [-0.05, 0) is 31.9 Å². The SMILES string of the molecule is CC/C(C#N)=C(\N)c1cc(C)c(C)s1. The van der Waals surface area contributed by atoms with Crippen molar-refractivity contribution in [2.75, 3.05) is 0 Å². The van der Waals surface area contributed by atoms with Gasteiger partial charge in [-0.15, -0.1) is 11.3 Å². The number of rotatable bonds is 2. The monoisotopic (exact) mass is 206 g/mol. The zero-order valence-electron chi connectivity index (χ0n) is 8.72.